The average Bonchev–Trinajstić information content (AvgIpc) is 2.49. The minimum Gasteiger partial charge on any atom is -0.197 e. The molecule has 1 nitrogen and oxygen atoms in total. The van der Waals surface area contributed by atoms with Crippen LogP contribution in [0.15, 0.2) is 24.3 Å². The van der Waals surface area contributed by atoms with E-state index in [-0.39, 0.29) is 10.9 Å². The molecule has 1 atom stereocenters. The summed E-state index contributed by atoms with van der Waals surface area (Å²) in [4.78, 5) is 0. The highest BCUT2D eigenvalue weighted by Gasteiger charge is 2.30. The number of alkyl halides is 1. The van der Waals surface area contributed by atoms with Crippen molar-refractivity contribution in [1.82, 2.24) is 0 Å². The Morgan fingerprint density at radius 1 is 1.56 bits per heavy atom. The van der Waals surface area contributed by atoms with Crippen molar-refractivity contribution in [1.29, 1.82) is 5.26 Å². The first-order chi connectivity index (χ1) is 11.1. The molecule has 3 heteroatoms. The number of halogens is 2. The van der Waals surface area contributed by atoms with Crippen LogP contribution in [0.3, 0.4) is 0 Å². The summed E-state index contributed by atoms with van der Waals surface area (Å²) in [6.07, 6.45) is -10.3. The molecule has 0 aliphatic rings. The van der Waals surface area contributed by atoms with Crippen molar-refractivity contribution in [2.75, 3.05) is 5.33 Å². The molecule has 0 saturated carbocycles. The summed E-state index contributed by atoms with van der Waals surface area (Å²) in [6.45, 7) is -3.43. The van der Waals surface area contributed by atoms with Gasteiger partial charge in [0.25, 0.3) is 0 Å². The summed E-state index contributed by atoms with van der Waals surface area (Å²) >= 11 is 8.80. The summed E-state index contributed by atoms with van der Waals surface area (Å²) in [5.74, 6) is 0. The van der Waals surface area contributed by atoms with Crippen LogP contribution in [0, 0.1) is 11.3 Å². The van der Waals surface area contributed by atoms with Crippen molar-refractivity contribution in [3.05, 3.63) is 34.9 Å². The molecule has 0 fully saturated rings. The fourth-order valence-corrected chi connectivity index (χ4v) is 1.89. The third-order valence-electron chi connectivity index (χ3n) is 2.07. The smallest absolute Gasteiger partial charge is 0.0918 e. The van der Waals surface area contributed by atoms with Gasteiger partial charge in [0.05, 0.1) is 11.5 Å². The summed E-state index contributed by atoms with van der Waals surface area (Å²) in [5.41, 5.74) is -2.15. The summed E-state index contributed by atoms with van der Waals surface area (Å²) in [7, 11) is 0. The molecule has 0 radical (unpaired) electrons. The van der Waals surface area contributed by atoms with E-state index in [4.69, 9.17) is 23.9 Å². The number of hydrogen-bond donors (Lipinski definition) is 0. The number of rotatable bonds is 5. The normalized spacial score (nSPS) is 25.9. The number of benzene rings is 1. The lowest BCUT2D eigenvalue weighted by atomic mass is 9.79. The molecule has 0 N–H and O–H groups in total. The molecule has 0 bridgehead atoms. The lowest BCUT2D eigenvalue weighted by Gasteiger charge is -2.24. The molecule has 0 saturated heterocycles. The molecule has 0 aliphatic heterocycles. The van der Waals surface area contributed by atoms with Gasteiger partial charge in [-0.25, -0.2) is 0 Å². The first-order valence-corrected chi connectivity index (χ1v) is 5.85. The van der Waals surface area contributed by atoms with Crippen LogP contribution in [0.25, 0.3) is 0 Å². The van der Waals surface area contributed by atoms with Crippen LogP contribution in [0.1, 0.15) is 43.9 Å². The highest BCUT2D eigenvalue weighted by Crippen LogP contribution is 2.32. The molecule has 1 aromatic carbocycles. The number of hydrogen-bond acceptors (Lipinski definition) is 1. The van der Waals surface area contributed by atoms with Gasteiger partial charge in [-0.2, -0.15) is 5.26 Å². The molecule has 0 amide bonds. The van der Waals surface area contributed by atoms with Gasteiger partial charge in [0.1, 0.15) is 0 Å². The van der Waals surface area contributed by atoms with Crippen molar-refractivity contribution in [3.63, 3.8) is 0 Å². The van der Waals surface area contributed by atoms with E-state index in [0.717, 1.165) is 0 Å². The lowest BCUT2D eigenvalue weighted by Crippen LogP contribution is -2.26. The molecule has 1 unspecified atom stereocenters. The maximum absolute atomic E-state index is 9.68. The average molecular weight is 310 g/mol. The van der Waals surface area contributed by atoms with Crippen LogP contribution in [0.5, 0.6) is 0 Å². The van der Waals surface area contributed by atoms with E-state index >= 15 is 0 Å². The molecular formula is C13H15BrClN. The fraction of sp³-hybridized carbons (Fsp3) is 0.462. The largest absolute Gasteiger partial charge is 0.197 e. The van der Waals surface area contributed by atoms with Crippen molar-refractivity contribution in [3.8, 4) is 6.07 Å². The van der Waals surface area contributed by atoms with Crippen LogP contribution in [0.4, 0.5) is 0 Å². The van der Waals surface area contributed by atoms with Crippen LogP contribution >= 0.6 is 27.5 Å². The van der Waals surface area contributed by atoms with Gasteiger partial charge in [-0.15, -0.1) is 0 Å². The molecule has 1 aromatic rings. The number of nitrogens with zero attached hydrogens (tertiary/aromatic N) is 1. The van der Waals surface area contributed by atoms with Gasteiger partial charge in [0.15, 0.2) is 0 Å². The van der Waals surface area contributed by atoms with Gasteiger partial charge in [-0.3, -0.25) is 0 Å². The number of nitriles is 1. The van der Waals surface area contributed by atoms with Crippen molar-refractivity contribution in [2.45, 2.75) is 31.4 Å². The standard InChI is InChI=1S/C13H15BrClN/c1-2-3-8-13(9-14,10-16)11-4-6-12(15)7-5-11/h4-7H,2-3,8-9H2,1H3/i1D3,2D2,3D2,8D2. The predicted molar refractivity (Wildman–Crippen MR) is 72.1 cm³/mol. The van der Waals surface area contributed by atoms with E-state index in [1.54, 1.807) is 6.07 Å². The zero-order valence-electron chi connectivity index (χ0n) is 17.2. The molecule has 0 aromatic heterocycles. The Hall–Kier alpha value is -0.520. The zero-order valence-corrected chi connectivity index (χ0v) is 10.6. The van der Waals surface area contributed by atoms with E-state index in [2.05, 4.69) is 15.9 Å². The van der Waals surface area contributed by atoms with Crippen LogP contribution in [-0.4, -0.2) is 5.33 Å². The molecule has 0 spiro atoms. The Morgan fingerprint density at radius 2 is 2.25 bits per heavy atom. The van der Waals surface area contributed by atoms with Gasteiger partial charge in [0, 0.05) is 22.7 Å². The van der Waals surface area contributed by atoms with E-state index in [1.165, 1.54) is 24.3 Å². The Labute approximate surface area is 123 Å². The molecule has 0 aliphatic carbocycles. The van der Waals surface area contributed by atoms with E-state index in [0.29, 0.717) is 5.02 Å². The Kier molecular flexibility index (Phi) is 2.12. The van der Waals surface area contributed by atoms with Crippen LogP contribution in [0.2, 0.25) is 5.02 Å². The van der Waals surface area contributed by atoms with Crippen LogP contribution < -0.4 is 0 Å². The zero-order chi connectivity index (χ0) is 19.9. The Morgan fingerprint density at radius 3 is 2.75 bits per heavy atom. The highest BCUT2D eigenvalue weighted by molar-refractivity contribution is 9.09. The molecule has 86 valence electrons. The second kappa shape index (κ2) is 6.27. The van der Waals surface area contributed by atoms with Crippen molar-refractivity contribution < 1.29 is 12.3 Å². The third kappa shape index (κ3) is 2.99. The predicted octanol–water partition coefficient (Wildman–Crippen LogP) is 4.69. The minimum atomic E-state index is -3.54. The Balaban J connectivity index is 3.69. The maximum Gasteiger partial charge on any atom is 0.0918 e. The highest BCUT2D eigenvalue weighted by atomic mass is 79.9. The minimum absolute atomic E-state index is 0.0477. The third-order valence-corrected chi connectivity index (χ3v) is 3.16. The van der Waals surface area contributed by atoms with Crippen LogP contribution in [-0.2, 0) is 5.41 Å². The van der Waals surface area contributed by atoms with Crippen molar-refractivity contribution in [2.24, 2.45) is 0 Å². The van der Waals surface area contributed by atoms with Gasteiger partial charge >= 0.3 is 0 Å². The Bertz CT molecular complexity index is 666. The maximum atomic E-state index is 9.68. The first-order valence-electron chi connectivity index (χ1n) is 8.85. The molecular weight excluding hydrogens is 286 g/mol. The second-order valence-corrected chi connectivity index (χ2v) is 4.03. The summed E-state index contributed by atoms with van der Waals surface area (Å²) in [5, 5.41) is 9.61. The molecule has 1 rings (SSSR count). The van der Waals surface area contributed by atoms with E-state index in [1.807, 2.05) is 0 Å². The quantitative estimate of drug-likeness (QED) is 0.724. The summed E-state index contributed by atoms with van der Waals surface area (Å²) < 4.78 is 69.7. The molecule has 0 heterocycles. The second-order valence-electron chi connectivity index (χ2n) is 3.03. The monoisotopic (exact) mass is 308 g/mol. The van der Waals surface area contributed by atoms with Gasteiger partial charge in [-0.05, 0) is 24.1 Å². The SMILES string of the molecule is [2H]C([2H])([2H])C([2H])([2H])C([2H])([2H])C([2H])([2H])C(C#N)(CBr)c1ccc(Cl)cc1. The fourth-order valence-electron chi connectivity index (χ4n) is 1.18. The summed E-state index contributed by atoms with van der Waals surface area (Å²) in [6, 6.07) is 7.13. The van der Waals surface area contributed by atoms with Gasteiger partial charge in [0.2, 0.25) is 0 Å². The topological polar surface area (TPSA) is 23.8 Å². The van der Waals surface area contributed by atoms with Gasteiger partial charge < -0.3 is 0 Å². The van der Waals surface area contributed by atoms with Crippen molar-refractivity contribution >= 4 is 27.5 Å². The van der Waals surface area contributed by atoms with E-state index in [9.17, 15) is 5.26 Å². The van der Waals surface area contributed by atoms with E-state index < -0.39 is 31.4 Å². The molecule has 16 heavy (non-hydrogen) atoms. The van der Waals surface area contributed by atoms with Gasteiger partial charge in [-0.1, -0.05) is 59.3 Å². The first kappa shape index (κ1) is 5.42. The lowest BCUT2D eigenvalue weighted by molar-refractivity contribution is 0.532.